The van der Waals surface area contributed by atoms with Crippen molar-refractivity contribution < 1.29 is 14.2 Å². The first-order valence-electron chi connectivity index (χ1n) is 8.03. The first kappa shape index (κ1) is 17.7. The number of pyridine rings is 1. The topological polar surface area (TPSA) is 76.1 Å². The number of aromatic nitrogens is 1. The molecule has 0 aliphatic rings. The van der Waals surface area contributed by atoms with Crippen LogP contribution in [0.3, 0.4) is 0 Å². The molecule has 0 aliphatic heterocycles. The lowest BCUT2D eigenvalue weighted by molar-refractivity contribution is -0.697. The summed E-state index contributed by atoms with van der Waals surface area (Å²) in [5, 5.41) is 3.00. The van der Waals surface area contributed by atoms with Crippen molar-refractivity contribution in [3.63, 3.8) is 0 Å². The third-order valence-electron chi connectivity index (χ3n) is 3.90. The van der Waals surface area contributed by atoms with E-state index in [0.717, 1.165) is 16.8 Å². The summed E-state index contributed by atoms with van der Waals surface area (Å²) in [6, 6.07) is 7.58. The molecule has 2 amide bonds. The van der Waals surface area contributed by atoms with Crippen LogP contribution in [0.5, 0.6) is 0 Å². The highest BCUT2D eigenvalue weighted by molar-refractivity contribution is 5.92. The molecule has 5 nitrogen and oxygen atoms in total. The zero-order valence-corrected chi connectivity index (χ0v) is 14.4. The van der Waals surface area contributed by atoms with Gasteiger partial charge in [-0.3, -0.25) is 9.59 Å². The van der Waals surface area contributed by atoms with Gasteiger partial charge in [-0.2, -0.15) is 0 Å². The van der Waals surface area contributed by atoms with E-state index >= 15 is 0 Å². The molecule has 5 heteroatoms. The fourth-order valence-electron chi connectivity index (χ4n) is 2.81. The molecular formula is C19H24N3O2+. The van der Waals surface area contributed by atoms with Crippen molar-refractivity contribution in [3.8, 4) is 0 Å². The van der Waals surface area contributed by atoms with Gasteiger partial charge >= 0.3 is 0 Å². The molecule has 2 rings (SSSR count). The molecule has 2 aromatic rings. The molecule has 1 aromatic carbocycles. The van der Waals surface area contributed by atoms with Crippen LogP contribution in [0.15, 0.2) is 36.7 Å². The summed E-state index contributed by atoms with van der Waals surface area (Å²) in [4.78, 5) is 23.3. The molecule has 0 atom stereocenters. The second-order valence-corrected chi connectivity index (χ2v) is 6.12. The molecule has 0 unspecified atom stereocenters. The lowest BCUT2D eigenvalue weighted by Crippen LogP contribution is -2.35. The number of hydrogen-bond acceptors (Lipinski definition) is 2. The smallest absolute Gasteiger partial charge is 0.254 e. The Bertz CT molecular complexity index is 746. The molecule has 126 valence electrons. The maximum absolute atomic E-state index is 12.2. The van der Waals surface area contributed by atoms with E-state index < -0.39 is 5.91 Å². The number of carbonyl (C=O) groups excluding carboxylic acids is 2. The maximum atomic E-state index is 12.2. The largest absolute Gasteiger partial charge is 0.365 e. The molecule has 0 radical (unpaired) electrons. The van der Waals surface area contributed by atoms with Gasteiger partial charge in [-0.25, -0.2) is 4.57 Å². The zero-order valence-electron chi connectivity index (χ0n) is 14.4. The molecule has 0 saturated carbocycles. The Balaban J connectivity index is 1.90. The van der Waals surface area contributed by atoms with E-state index in [1.54, 1.807) is 18.3 Å². The van der Waals surface area contributed by atoms with E-state index in [4.69, 9.17) is 5.73 Å². The summed E-state index contributed by atoms with van der Waals surface area (Å²) in [5.74, 6) is -0.455. The van der Waals surface area contributed by atoms with Gasteiger partial charge in [-0.1, -0.05) is 17.7 Å². The summed E-state index contributed by atoms with van der Waals surface area (Å²) >= 11 is 0. The van der Waals surface area contributed by atoms with Gasteiger partial charge in [0.05, 0.1) is 0 Å². The van der Waals surface area contributed by atoms with Gasteiger partial charge in [0, 0.05) is 24.6 Å². The number of carbonyl (C=O) groups is 2. The summed E-state index contributed by atoms with van der Waals surface area (Å²) in [6.45, 7) is 6.70. The van der Waals surface area contributed by atoms with Crippen LogP contribution < -0.4 is 15.6 Å². The van der Waals surface area contributed by atoms with Crippen molar-refractivity contribution in [3.05, 3.63) is 58.9 Å². The minimum Gasteiger partial charge on any atom is -0.365 e. The minimum absolute atomic E-state index is 0.00305. The highest BCUT2D eigenvalue weighted by Crippen LogP contribution is 2.22. The van der Waals surface area contributed by atoms with E-state index in [1.807, 2.05) is 31.5 Å². The predicted molar refractivity (Wildman–Crippen MR) is 93.7 cm³/mol. The quantitative estimate of drug-likeness (QED) is 0.800. The van der Waals surface area contributed by atoms with Gasteiger partial charge in [0.25, 0.3) is 5.91 Å². The van der Waals surface area contributed by atoms with Gasteiger partial charge in [0.1, 0.15) is 12.1 Å². The SMILES string of the molecule is Cc1cc(C)c(NC(=O)CCC[n+]2cccc(C(N)=O)c2)c(C)c1. The van der Waals surface area contributed by atoms with Gasteiger partial charge in [0.2, 0.25) is 5.91 Å². The highest BCUT2D eigenvalue weighted by atomic mass is 16.1. The molecule has 1 aromatic heterocycles. The highest BCUT2D eigenvalue weighted by Gasteiger charge is 2.11. The van der Waals surface area contributed by atoms with Crippen LogP contribution in [-0.4, -0.2) is 11.8 Å². The minimum atomic E-state index is -0.451. The number of aryl methyl sites for hydroxylation is 4. The van der Waals surface area contributed by atoms with E-state index in [2.05, 4.69) is 17.4 Å². The first-order chi connectivity index (χ1) is 11.4. The lowest BCUT2D eigenvalue weighted by atomic mass is 10.0. The summed E-state index contributed by atoms with van der Waals surface area (Å²) in [5.41, 5.74) is 9.97. The van der Waals surface area contributed by atoms with Crippen molar-refractivity contribution in [2.24, 2.45) is 5.73 Å². The number of nitrogens with one attached hydrogen (secondary N) is 1. The van der Waals surface area contributed by atoms with E-state index in [9.17, 15) is 9.59 Å². The standard InChI is InChI=1S/C19H23N3O2/c1-13-10-14(2)18(15(3)11-13)21-17(23)7-5-9-22-8-4-6-16(12-22)19(20)24/h4,6,8,10-12H,5,7,9H2,1-3H3,(H2-,20,21,23,24)/p+1. The Morgan fingerprint density at radius 3 is 2.46 bits per heavy atom. The number of hydrogen-bond donors (Lipinski definition) is 2. The molecular weight excluding hydrogens is 302 g/mol. The third kappa shape index (κ3) is 4.65. The Morgan fingerprint density at radius 1 is 1.17 bits per heavy atom. The second-order valence-electron chi connectivity index (χ2n) is 6.12. The van der Waals surface area contributed by atoms with Crippen LogP contribution in [0, 0.1) is 20.8 Å². The summed E-state index contributed by atoms with van der Waals surface area (Å²) < 4.78 is 1.87. The average Bonchev–Trinajstić information content (AvgIpc) is 2.51. The fraction of sp³-hybridized carbons (Fsp3) is 0.316. The predicted octanol–water partition coefficient (Wildman–Crippen LogP) is 2.42. The molecule has 0 bridgehead atoms. The summed E-state index contributed by atoms with van der Waals surface area (Å²) in [7, 11) is 0. The maximum Gasteiger partial charge on any atom is 0.254 e. The van der Waals surface area contributed by atoms with Crippen LogP contribution in [0.2, 0.25) is 0 Å². The van der Waals surface area contributed by atoms with Crippen LogP contribution in [-0.2, 0) is 11.3 Å². The van der Waals surface area contributed by atoms with Crippen molar-refractivity contribution in [1.29, 1.82) is 0 Å². The van der Waals surface area contributed by atoms with Gasteiger partial charge in [-0.05, 0) is 38.0 Å². The molecule has 3 N–H and O–H groups in total. The Hall–Kier alpha value is -2.69. The van der Waals surface area contributed by atoms with Crippen LogP contribution >= 0.6 is 0 Å². The van der Waals surface area contributed by atoms with E-state index in [-0.39, 0.29) is 5.91 Å². The zero-order chi connectivity index (χ0) is 17.7. The Morgan fingerprint density at radius 2 is 1.83 bits per heavy atom. The molecule has 0 saturated heterocycles. The number of amides is 2. The second kappa shape index (κ2) is 7.73. The van der Waals surface area contributed by atoms with E-state index in [0.29, 0.717) is 24.9 Å². The van der Waals surface area contributed by atoms with Gasteiger partial charge < -0.3 is 11.1 Å². The number of anilines is 1. The Labute approximate surface area is 142 Å². The van der Waals surface area contributed by atoms with E-state index in [1.165, 1.54) is 5.56 Å². The Kier molecular flexibility index (Phi) is 5.68. The third-order valence-corrected chi connectivity index (χ3v) is 3.90. The number of benzene rings is 1. The van der Waals surface area contributed by atoms with Crippen LogP contribution in [0.4, 0.5) is 5.69 Å². The monoisotopic (exact) mass is 326 g/mol. The first-order valence-corrected chi connectivity index (χ1v) is 8.03. The molecule has 1 heterocycles. The number of rotatable bonds is 6. The summed E-state index contributed by atoms with van der Waals surface area (Å²) in [6.07, 6.45) is 4.66. The normalized spacial score (nSPS) is 10.5. The van der Waals surface area contributed by atoms with Gasteiger partial charge in [-0.15, -0.1) is 0 Å². The molecule has 0 fully saturated rings. The van der Waals surface area contributed by atoms with Crippen molar-refractivity contribution in [1.82, 2.24) is 0 Å². The van der Waals surface area contributed by atoms with Crippen molar-refractivity contribution in [2.45, 2.75) is 40.2 Å². The molecule has 0 spiro atoms. The number of primary amides is 1. The number of nitrogens with zero attached hydrogens (tertiary/aromatic N) is 1. The van der Waals surface area contributed by atoms with Crippen molar-refractivity contribution >= 4 is 17.5 Å². The average molecular weight is 326 g/mol. The fourth-order valence-corrected chi connectivity index (χ4v) is 2.81. The van der Waals surface area contributed by atoms with Crippen LogP contribution in [0.1, 0.15) is 39.9 Å². The van der Waals surface area contributed by atoms with Crippen molar-refractivity contribution in [2.75, 3.05) is 5.32 Å². The van der Waals surface area contributed by atoms with Crippen LogP contribution in [0.25, 0.3) is 0 Å². The number of nitrogens with two attached hydrogens (primary N) is 1. The molecule has 24 heavy (non-hydrogen) atoms. The van der Waals surface area contributed by atoms with Gasteiger partial charge in [0.15, 0.2) is 12.4 Å². The molecule has 0 aliphatic carbocycles. The lowest BCUT2D eigenvalue weighted by Gasteiger charge is -2.12.